The van der Waals surface area contributed by atoms with E-state index >= 15 is 0 Å². The Morgan fingerprint density at radius 1 is 1.28 bits per heavy atom. The maximum Gasteiger partial charge on any atom is 0.416 e. The molecule has 18 heavy (non-hydrogen) atoms. The largest absolute Gasteiger partial charge is 0.416 e. The Bertz CT molecular complexity index is 535. The molecular formula is C7H3Cl3F3N2O2P. The van der Waals surface area contributed by atoms with Crippen LogP contribution in [0.2, 0.25) is 0 Å². The van der Waals surface area contributed by atoms with Crippen LogP contribution in [0.5, 0.6) is 0 Å². The van der Waals surface area contributed by atoms with Gasteiger partial charge in [0.05, 0.1) is 10.5 Å². The molecule has 0 aromatic heterocycles. The molecule has 1 aromatic rings. The first-order chi connectivity index (χ1) is 8.00. The quantitative estimate of drug-likeness (QED) is 0.381. The van der Waals surface area contributed by atoms with Crippen LogP contribution in [0, 0.1) is 10.1 Å². The van der Waals surface area contributed by atoms with E-state index in [2.05, 4.69) is 4.74 Å². The normalized spacial score (nSPS) is 12.3. The Morgan fingerprint density at radius 3 is 2.22 bits per heavy atom. The lowest BCUT2D eigenvalue weighted by molar-refractivity contribution is -0.384. The van der Waals surface area contributed by atoms with Gasteiger partial charge < -0.3 is 0 Å². The number of hydrogen-bond donors (Lipinski definition) is 0. The zero-order valence-corrected chi connectivity index (χ0v) is 11.3. The summed E-state index contributed by atoms with van der Waals surface area (Å²) in [5, 5.41) is 7.34. The lowest BCUT2D eigenvalue weighted by Gasteiger charge is -2.07. The van der Waals surface area contributed by atoms with Gasteiger partial charge in [0.15, 0.2) is 0 Å². The van der Waals surface area contributed by atoms with Crippen molar-refractivity contribution in [2.75, 3.05) is 0 Å². The van der Waals surface area contributed by atoms with Crippen molar-refractivity contribution in [1.29, 1.82) is 0 Å². The summed E-state index contributed by atoms with van der Waals surface area (Å²) in [5.41, 5.74) is -2.44. The van der Waals surface area contributed by atoms with Crippen molar-refractivity contribution < 1.29 is 18.1 Å². The highest BCUT2D eigenvalue weighted by atomic mass is 36.0. The molecule has 0 aliphatic rings. The lowest BCUT2D eigenvalue weighted by Crippen LogP contribution is -2.05. The highest BCUT2D eigenvalue weighted by Crippen LogP contribution is 2.67. The summed E-state index contributed by atoms with van der Waals surface area (Å²) in [7, 11) is 0. The van der Waals surface area contributed by atoms with Crippen LogP contribution in [0.15, 0.2) is 22.9 Å². The van der Waals surface area contributed by atoms with Gasteiger partial charge in [0, 0.05) is 6.07 Å². The second kappa shape index (κ2) is 5.25. The number of rotatable bonds is 2. The van der Waals surface area contributed by atoms with Gasteiger partial charge in [-0.1, -0.05) is 0 Å². The van der Waals surface area contributed by atoms with E-state index in [-0.39, 0.29) is 0 Å². The van der Waals surface area contributed by atoms with Crippen molar-refractivity contribution in [3.63, 3.8) is 0 Å². The molecule has 0 saturated heterocycles. The first kappa shape index (κ1) is 15.6. The molecule has 0 N–H and O–H groups in total. The van der Waals surface area contributed by atoms with E-state index in [9.17, 15) is 23.3 Å². The van der Waals surface area contributed by atoms with E-state index in [0.717, 1.165) is 6.07 Å². The average molecular weight is 341 g/mol. The number of hydrogen-bond acceptors (Lipinski definition) is 3. The van der Waals surface area contributed by atoms with Crippen LogP contribution in [-0.4, -0.2) is 4.92 Å². The van der Waals surface area contributed by atoms with Crippen LogP contribution < -0.4 is 0 Å². The van der Waals surface area contributed by atoms with Crippen LogP contribution in [-0.2, 0) is 6.18 Å². The molecule has 4 nitrogen and oxygen atoms in total. The number of nitrogens with zero attached hydrogens (tertiary/aromatic N) is 2. The Morgan fingerprint density at radius 2 is 1.83 bits per heavy atom. The Balaban J connectivity index is 3.45. The van der Waals surface area contributed by atoms with Crippen molar-refractivity contribution in [1.82, 2.24) is 0 Å². The van der Waals surface area contributed by atoms with Crippen molar-refractivity contribution in [2.24, 2.45) is 4.74 Å². The summed E-state index contributed by atoms with van der Waals surface area (Å²) in [6.07, 6.45) is -4.70. The van der Waals surface area contributed by atoms with Crippen LogP contribution in [0.1, 0.15) is 5.56 Å². The first-order valence-corrected chi connectivity index (χ1v) is 8.53. The molecule has 0 amide bonds. The standard InChI is InChI=1S/C7H3Cl3F3N2O2P/c8-18(9,10)14-5-2-1-4(7(11,12)13)3-6(5)15(16)17/h1-3H. The highest BCUT2D eigenvalue weighted by molar-refractivity contribution is 8.26. The number of benzene rings is 1. The molecule has 1 rings (SSSR count). The van der Waals surface area contributed by atoms with E-state index in [4.69, 9.17) is 33.7 Å². The fourth-order valence-electron chi connectivity index (χ4n) is 1.05. The van der Waals surface area contributed by atoms with Gasteiger partial charge in [0.1, 0.15) is 5.69 Å². The van der Waals surface area contributed by atoms with Gasteiger partial charge in [-0.2, -0.15) is 13.2 Å². The monoisotopic (exact) mass is 340 g/mol. The molecule has 0 atom stereocenters. The average Bonchev–Trinajstić information content (AvgIpc) is 2.13. The number of halogens is 6. The van der Waals surface area contributed by atoms with Crippen LogP contribution in [0.4, 0.5) is 24.5 Å². The van der Waals surface area contributed by atoms with Gasteiger partial charge in [-0.25, -0.2) is 4.74 Å². The number of alkyl halides is 3. The van der Waals surface area contributed by atoms with Gasteiger partial charge in [-0.15, -0.1) is 0 Å². The maximum absolute atomic E-state index is 12.4. The predicted molar refractivity (Wildman–Crippen MR) is 64.7 cm³/mol. The minimum Gasteiger partial charge on any atom is -0.258 e. The molecular weight excluding hydrogens is 338 g/mol. The number of nitro groups is 1. The summed E-state index contributed by atoms with van der Waals surface area (Å²) < 4.78 is 40.6. The second-order valence-corrected chi connectivity index (χ2v) is 9.97. The van der Waals surface area contributed by atoms with Gasteiger partial charge in [-0.05, 0) is 45.9 Å². The van der Waals surface area contributed by atoms with E-state index in [1.165, 1.54) is 0 Å². The van der Waals surface area contributed by atoms with Crippen LogP contribution in [0.25, 0.3) is 0 Å². The first-order valence-electron chi connectivity index (χ1n) is 4.07. The molecule has 0 heterocycles. The molecule has 0 aliphatic carbocycles. The zero-order chi connectivity index (χ0) is 14.1. The van der Waals surface area contributed by atoms with Gasteiger partial charge in [0.2, 0.25) is 5.11 Å². The van der Waals surface area contributed by atoms with Gasteiger partial charge >= 0.3 is 6.18 Å². The summed E-state index contributed by atoms with van der Waals surface area (Å²) in [5.74, 6) is 0. The summed E-state index contributed by atoms with van der Waals surface area (Å²) in [6, 6.07) is 1.77. The molecule has 0 spiro atoms. The Labute approximate surface area is 113 Å². The van der Waals surface area contributed by atoms with Gasteiger partial charge in [0.25, 0.3) is 5.69 Å². The maximum atomic E-state index is 12.4. The lowest BCUT2D eigenvalue weighted by atomic mass is 10.1. The summed E-state index contributed by atoms with van der Waals surface area (Å²) in [4.78, 5) is 9.63. The third kappa shape index (κ3) is 4.31. The fourth-order valence-corrected chi connectivity index (χ4v) is 2.20. The molecule has 100 valence electrons. The molecule has 1 aromatic carbocycles. The summed E-state index contributed by atoms with van der Waals surface area (Å²) >= 11 is 16.2. The van der Waals surface area contributed by atoms with E-state index in [1.54, 1.807) is 0 Å². The minimum absolute atomic E-state index is 0.346. The topological polar surface area (TPSA) is 55.5 Å². The number of nitro benzene ring substituents is 1. The molecule has 0 saturated carbocycles. The fraction of sp³-hybridized carbons (Fsp3) is 0.143. The second-order valence-electron chi connectivity index (χ2n) is 2.98. The molecule has 0 aliphatic heterocycles. The zero-order valence-electron chi connectivity index (χ0n) is 8.16. The van der Waals surface area contributed by atoms with Crippen molar-refractivity contribution in [3.8, 4) is 0 Å². The SMILES string of the molecule is O=[N+]([O-])c1cc(C(F)(F)F)ccc1N=P(Cl)(Cl)Cl. The predicted octanol–water partition coefficient (Wildman–Crippen LogP) is 5.91. The molecule has 0 unspecified atom stereocenters. The van der Waals surface area contributed by atoms with Crippen LogP contribution in [0.3, 0.4) is 0 Å². The Kier molecular flexibility index (Phi) is 4.54. The summed E-state index contributed by atoms with van der Waals surface area (Å²) in [6.45, 7) is 0. The van der Waals surface area contributed by atoms with Gasteiger partial charge in [-0.3, -0.25) is 10.1 Å². The van der Waals surface area contributed by atoms with Crippen molar-refractivity contribution in [2.45, 2.75) is 6.18 Å². The Hall–Kier alpha value is -0.490. The van der Waals surface area contributed by atoms with E-state index in [0.29, 0.717) is 12.1 Å². The highest BCUT2D eigenvalue weighted by Gasteiger charge is 2.33. The van der Waals surface area contributed by atoms with Crippen molar-refractivity contribution in [3.05, 3.63) is 33.9 Å². The minimum atomic E-state index is -4.70. The molecule has 0 fully saturated rings. The third-order valence-electron chi connectivity index (χ3n) is 1.72. The van der Waals surface area contributed by atoms with E-state index < -0.39 is 33.2 Å². The smallest absolute Gasteiger partial charge is 0.258 e. The van der Waals surface area contributed by atoms with E-state index in [1.807, 2.05) is 0 Å². The molecule has 11 heteroatoms. The third-order valence-corrected chi connectivity index (χ3v) is 2.84. The van der Waals surface area contributed by atoms with Crippen LogP contribution >= 0.6 is 38.8 Å². The molecule has 0 bridgehead atoms. The van der Waals surface area contributed by atoms with Crippen molar-refractivity contribution >= 4 is 50.2 Å². The molecule has 0 radical (unpaired) electrons.